The number of carboxylic acids is 1. The molecule has 1 saturated heterocycles. The fourth-order valence-electron chi connectivity index (χ4n) is 4.07. The quantitative estimate of drug-likeness (QED) is 0.0754. The number of carbonyl (C=O) groups is 3. The van der Waals surface area contributed by atoms with Gasteiger partial charge in [0, 0.05) is 24.6 Å². The molecule has 2 aromatic heterocycles. The van der Waals surface area contributed by atoms with Crippen molar-refractivity contribution in [2.75, 3.05) is 25.9 Å². The van der Waals surface area contributed by atoms with E-state index in [0.717, 1.165) is 22.6 Å². The number of carbonyl (C=O) groups excluding carboxylic acids is 2. The number of nitrogens with two attached hydrogens (primary N) is 2. The number of aliphatic carboxylic acids is 1. The van der Waals surface area contributed by atoms with Gasteiger partial charge in [-0.2, -0.15) is 13.2 Å². The number of anilines is 1. The van der Waals surface area contributed by atoms with Crippen molar-refractivity contribution in [2.45, 2.75) is 50.4 Å². The minimum absolute atomic E-state index is 0.00462. The van der Waals surface area contributed by atoms with E-state index < -0.39 is 51.9 Å². The molecular formula is C20H28N10O8S2. The Kier molecular flexibility index (Phi) is 8.44. The molecule has 18 nitrogen and oxygen atoms in total. The Labute approximate surface area is 231 Å². The minimum atomic E-state index is -4.96. The average molecular weight is 601 g/mol. The second kappa shape index (κ2) is 11.5. The van der Waals surface area contributed by atoms with Crippen LogP contribution in [0.5, 0.6) is 0 Å². The molecule has 2 aliphatic rings. The number of β-lactam (4-membered cyclic amide) rings is 1. The summed E-state index contributed by atoms with van der Waals surface area (Å²) in [4.78, 5) is 49.7. The van der Waals surface area contributed by atoms with Crippen LogP contribution in [0.25, 0.3) is 0 Å². The zero-order valence-corrected chi connectivity index (χ0v) is 22.9. The van der Waals surface area contributed by atoms with E-state index in [4.69, 9.17) is 16.3 Å². The lowest BCUT2D eigenvalue weighted by Gasteiger charge is -2.43. The minimum Gasteiger partial charge on any atom is -0.478 e. The van der Waals surface area contributed by atoms with Gasteiger partial charge in [0.25, 0.3) is 0 Å². The summed E-state index contributed by atoms with van der Waals surface area (Å²) < 4.78 is 33.7. The van der Waals surface area contributed by atoms with E-state index in [1.54, 1.807) is 0 Å². The SMILES string of the molecule is CN(CCCN)Cc1nnn(C[C@@H]2[C@H](CC(=O)/C(=N\OC3(C(=O)O)CC3)c3csc(N)n3)C(=O)N2S(=O)(=O)O)n1. The Morgan fingerprint density at radius 2 is 2.10 bits per heavy atom. The lowest BCUT2D eigenvalue weighted by Crippen LogP contribution is -2.64. The van der Waals surface area contributed by atoms with Gasteiger partial charge in [0.1, 0.15) is 5.69 Å². The van der Waals surface area contributed by atoms with Gasteiger partial charge in [-0.3, -0.25) is 19.0 Å². The summed E-state index contributed by atoms with van der Waals surface area (Å²) in [5.41, 5.74) is 9.26. The van der Waals surface area contributed by atoms with Crippen LogP contribution in [-0.4, -0.2) is 108 Å². The van der Waals surface area contributed by atoms with Gasteiger partial charge in [-0.15, -0.1) is 21.5 Å². The van der Waals surface area contributed by atoms with Crippen LogP contribution in [-0.2, 0) is 42.6 Å². The van der Waals surface area contributed by atoms with E-state index in [1.807, 2.05) is 11.9 Å². The monoisotopic (exact) mass is 600 g/mol. The van der Waals surface area contributed by atoms with Gasteiger partial charge < -0.3 is 21.4 Å². The summed E-state index contributed by atoms with van der Waals surface area (Å²) in [7, 11) is -3.12. The highest BCUT2D eigenvalue weighted by Gasteiger charge is 2.56. The number of tetrazole rings is 1. The summed E-state index contributed by atoms with van der Waals surface area (Å²) in [6, 6.07) is -1.22. The number of aromatic nitrogens is 5. The molecule has 6 N–H and O–H groups in total. The van der Waals surface area contributed by atoms with Crippen LogP contribution in [0, 0.1) is 5.92 Å². The molecule has 2 aromatic rings. The lowest BCUT2D eigenvalue weighted by atomic mass is 9.84. The van der Waals surface area contributed by atoms with Gasteiger partial charge >= 0.3 is 16.3 Å². The van der Waals surface area contributed by atoms with Crippen molar-refractivity contribution in [3.8, 4) is 0 Å². The number of amides is 1. The maximum Gasteiger partial charge on any atom is 0.362 e. The molecule has 0 aromatic carbocycles. The van der Waals surface area contributed by atoms with Crippen molar-refractivity contribution >= 4 is 50.1 Å². The third-order valence-corrected chi connectivity index (χ3v) is 8.01. The first kappa shape index (κ1) is 29.4. The maximum atomic E-state index is 13.3. The molecule has 4 rings (SSSR count). The Morgan fingerprint density at radius 1 is 1.38 bits per heavy atom. The van der Waals surface area contributed by atoms with Gasteiger partial charge in [0.2, 0.25) is 11.5 Å². The van der Waals surface area contributed by atoms with Crippen LogP contribution >= 0.6 is 11.3 Å². The molecular weight excluding hydrogens is 572 g/mol. The normalized spacial score (nSPS) is 20.4. The fraction of sp³-hybridized carbons (Fsp3) is 0.600. The van der Waals surface area contributed by atoms with E-state index in [0.29, 0.717) is 25.5 Å². The van der Waals surface area contributed by atoms with Crippen LogP contribution < -0.4 is 11.5 Å². The summed E-state index contributed by atoms with van der Waals surface area (Å²) >= 11 is 0.999. The number of oxime groups is 1. The zero-order valence-electron chi connectivity index (χ0n) is 21.3. The number of hydrogen-bond donors (Lipinski definition) is 4. The summed E-state index contributed by atoms with van der Waals surface area (Å²) in [6.45, 7) is 1.25. The average Bonchev–Trinajstić information content (AvgIpc) is 3.36. The third kappa shape index (κ3) is 6.41. The van der Waals surface area contributed by atoms with Crippen LogP contribution in [0.3, 0.4) is 0 Å². The van der Waals surface area contributed by atoms with E-state index in [9.17, 15) is 32.5 Å². The summed E-state index contributed by atoms with van der Waals surface area (Å²) in [5.74, 6) is -3.93. The molecule has 0 radical (unpaired) electrons. The molecule has 3 heterocycles. The molecule has 2 atom stereocenters. The van der Waals surface area contributed by atoms with Crippen molar-refractivity contribution < 1.29 is 37.3 Å². The molecule has 218 valence electrons. The van der Waals surface area contributed by atoms with E-state index in [1.165, 1.54) is 5.38 Å². The molecule has 1 saturated carbocycles. The third-order valence-electron chi connectivity index (χ3n) is 6.39. The highest BCUT2D eigenvalue weighted by molar-refractivity contribution is 7.84. The van der Waals surface area contributed by atoms with Gasteiger partial charge in [-0.05, 0) is 31.8 Å². The molecule has 1 aliphatic carbocycles. The topological polar surface area (TPSA) is 262 Å². The van der Waals surface area contributed by atoms with Crippen molar-refractivity contribution in [1.82, 2.24) is 34.4 Å². The molecule has 1 aliphatic heterocycles. The Balaban J connectivity index is 1.52. The number of nitrogen functional groups attached to an aromatic ring is 1. The number of hydrogen-bond acceptors (Lipinski definition) is 15. The van der Waals surface area contributed by atoms with E-state index in [-0.39, 0.29) is 40.2 Å². The standard InChI is InChI=1S/C20H28N10O8S2/c1-28(6-2-5-21)9-15-24-27-29(25-15)8-13-11(17(32)30(13)40(35,36)37)7-14(31)16(12-10-39-19(22)23-12)26-38-20(3-4-20)18(33)34/h10-11,13H,2-9,21H2,1H3,(H2,22,23)(H,33,34)(H,35,36,37)/b26-16-/t11-,13+/m0/s1. The largest absolute Gasteiger partial charge is 0.478 e. The van der Waals surface area contributed by atoms with Crippen LogP contribution in [0.2, 0.25) is 0 Å². The molecule has 0 bridgehead atoms. The summed E-state index contributed by atoms with van der Waals surface area (Å²) in [6.07, 6.45) is 0.580. The first-order valence-corrected chi connectivity index (χ1v) is 14.3. The van der Waals surface area contributed by atoms with E-state index in [2.05, 4.69) is 25.6 Å². The predicted molar refractivity (Wildman–Crippen MR) is 137 cm³/mol. The number of carboxylic acid groups (broad SMARTS) is 1. The number of nitrogens with zero attached hydrogens (tertiary/aromatic N) is 8. The van der Waals surface area contributed by atoms with Crippen LogP contribution in [0.15, 0.2) is 10.5 Å². The number of Topliss-reactive ketones (excluding diaryl/α,β-unsaturated/α-hetero) is 1. The smallest absolute Gasteiger partial charge is 0.362 e. The molecule has 0 spiro atoms. The van der Waals surface area contributed by atoms with Crippen molar-refractivity contribution in [1.29, 1.82) is 0 Å². The molecule has 40 heavy (non-hydrogen) atoms. The highest BCUT2D eigenvalue weighted by Crippen LogP contribution is 2.40. The molecule has 20 heteroatoms. The first-order valence-electron chi connectivity index (χ1n) is 12.0. The Bertz CT molecular complexity index is 1420. The predicted octanol–water partition coefficient (Wildman–Crippen LogP) is -1.88. The number of ketones is 1. The van der Waals surface area contributed by atoms with Crippen LogP contribution in [0.4, 0.5) is 5.13 Å². The second-order valence-corrected chi connectivity index (χ2v) is 11.6. The Hall–Kier alpha value is -3.59. The molecule has 0 unspecified atom stereocenters. The number of thiazole rings is 1. The zero-order chi connectivity index (χ0) is 29.2. The first-order chi connectivity index (χ1) is 18.8. The summed E-state index contributed by atoms with van der Waals surface area (Å²) in [5, 5.41) is 26.7. The lowest BCUT2D eigenvalue weighted by molar-refractivity contribution is -0.153. The Morgan fingerprint density at radius 3 is 2.67 bits per heavy atom. The van der Waals surface area contributed by atoms with Gasteiger partial charge in [-0.1, -0.05) is 5.16 Å². The van der Waals surface area contributed by atoms with Gasteiger partial charge in [0.15, 0.2) is 22.5 Å². The second-order valence-electron chi connectivity index (χ2n) is 9.46. The molecule has 2 fully saturated rings. The van der Waals surface area contributed by atoms with Crippen molar-refractivity contribution in [3.05, 3.63) is 16.9 Å². The van der Waals surface area contributed by atoms with Gasteiger partial charge in [-0.25, -0.2) is 14.1 Å². The maximum absolute atomic E-state index is 13.3. The van der Waals surface area contributed by atoms with Crippen molar-refractivity contribution in [3.63, 3.8) is 0 Å². The van der Waals surface area contributed by atoms with E-state index >= 15 is 0 Å². The van der Waals surface area contributed by atoms with Crippen molar-refractivity contribution in [2.24, 2.45) is 16.8 Å². The molecule has 1 amide bonds. The number of rotatable bonds is 15. The fourth-order valence-corrected chi connectivity index (χ4v) is 5.54. The van der Waals surface area contributed by atoms with Gasteiger partial charge in [0.05, 0.1) is 25.0 Å². The van der Waals surface area contributed by atoms with Crippen LogP contribution in [0.1, 0.15) is 37.2 Å². The highest BCUT2D eigenvalue weighted by atomic mass is 32.2.